The highest BCUT2D eigenvalue weighted by Crippen LogP contribution is 2.28. The van der Waals surface area contributed by atoms with Crippen LogP contribution in [-0.4, -0.2) is 32.3 Å². The molecular weight excluding hydrogens is 266 g/mol. The van der Waals surface area contributed by atoms with Gasteiger partial charge < -0.3 is 5.11 Å². The van der Waals surface area contributed by atoms with Crippen LogP contribution in [0.2, 0.25) is 0 Å². The second kappa shape index (κ2) is 5.97. The number of rotatable bonds is 5. The summed E-state index contributed by atoms with van der Waals surface area (Å²) < 4.78 is 0. The third-order valence-electron chi connectivity index (χ3n) is 2.19. The second-order valence-electron chi connectivity index (χ2n) is 3.52. The van der Waals surface area contributed by atoms with E-state index in [-0.39, 0.29) is 5.76 Å². The highest BCUT2D eigenvalue weighted by atomic mass is 32.2. The summed E-state index contributed by atoms with van der Waals surface area (Å²) in [5.41, 5.74) is 1.03. The summed E-state index contributed by atoms with van der Waals surface area (Å²) in [7, 11) is 0. The number of nitrogens with zero attached hydrogens (tertiary/aromatic N) is 2. The van der Waals surface area contributed by atoms with Crippen molar-refractivity contribution < 1.29 is 5.11 Å². The van der Waals surface area contributed by atoms with E-state index in [0.717, 1.165) is 16.3 Å². The molecule has 94 valence electrons. The van der Waals surface area contributed by atoms with Gasteiger partial charge in [-0.15, -0.1) is 16.9 Å². The van der Waals surface area contributed by atoms with Crippen LogP contribution in [0, 0.1) is 0 Å². The van der Waals surface area contributed by atoms with Gasteiger partial charge in [0.1, 0.15) is 0 Å². The average molecular weight is 279 g/mol. The molecule has 1 aromatic heterocycles. The fourth-order valence-corrected chi connectivity index (χ4v) is 2.58. The molecule has 0 aliphatic rings. The first kappa shape index (κ1) is 13.0. The highest BCUT2D eigenvalue weighted by molar-refractivity contribution is 7.99. The maximum Gasteiger partial charge on any atom is 0.209 e. The van der Waals surface area contributed by atoms with Gasteiger partial charge in [-0.1, -0.05) is 36.5 Å². The Morgan fingerprint density at radius 1 is 1.44 bits per heavy atom. The minimum absolute atomic E-state index is 0.121. The number of benzene rings is 1. The van der Waals surface area contributed by atoms with Crippen LogP contribution in [0.5, 0.6) is 0 Å². The first-order valence-electron chi connectivity index (χ1n) is 5.26. The Morgan fingerprint density at radius 3 is 2.94 bits per heavy atom. The number of aromatic nitrogens is 3. The van der Waals surface area contributed by atoms with Crippen LogP contribution in [0.4, 0.5) is 0 Å². The van der Waals surface area contributed by atoms with E-state index in [1.54, 1.807) is 11.8 Å². The normalized spacial score (nSPS) is 10.5. The third-order valence-corrected chi connectivity index (χ3v) is 3.91. The van der Waals surface area contributed by atoms with Crippen molar-refractivity contribution in [1.82, 2.24) is 15.2 Å². The topological polar surface area (TPSA) is 61.8 Å². The molecule has 0 aliphatic carbocycles. The van der Waals surface area contributed by atoms with E-state index >= 15 is 0 Å². The van der Waals surface area contributed by atoms with Gasteiger partial charge in [0.25, 0.3) is 0 Å². The number of aromatic amines is 1. The Kier molecular flexibility index (Phi) is 4.33. The Hall–Kier alpha value is -1.40. The fourth-order valence-electron chi connectivity index (χ4n) is 1.42. The zero-order valence-electron chi connectivity index (χ0n) is 9.88. The number of hydrogen-bond acceptors (Lipinski definition) is 5. The van der Waals surface area contributed by atoms with Crippen molar-refractivity contribution in [3.8, 4) is 11.4 Å². The zero-order chi connectivity index (χ0) is 13.0. The monoisotopic (exact) mass is 279 g/mol. The molecule has 1 aromatic carbocycles. The summed E-state index contributed by atoms with van der Waals surface area (Å²) in [6.07, 6.45) is 2.03. The van der Waals surface area contributed by atoms with Crippen molar-refractivity contribution in [2.75, 3.05) is 12.0 Å². The van der Waals surface area contributed by atoms with Crippen LogP contribution in [-0.2, 0) is 0 Å². The number of H-pyrrole nitrogens is 1. The van der Waals surface area contributed by atoms with E-state index < -0.39 is 0 Å². The quantitative estimate of drug-likeness (QED) is 0.649. The molecule has 6 heteroatoms. The van der Waals surface area contributed by atoms with Crippen molar-refractivity contribution in [2.45, 2.75) is 10.1 Å². The molecule has 2 aromatic rings. The zero-order valence-corrected chi connectivity index (χ0v) is 11.5. The van der Waals surface area contributed by atoms with E-state index in [4.69, 9.17) is 5.11 Å². The van der Waals surface area contributed by atoms with E-state index in [2.05, 4.69) is 21.8 Å². The van der Waals surface area contributed by atoms with Crippen molar-refractivity contribution >= 4 is 23.5 Å². The standard InChI is InChI=1S/C12H13N3OS2/c1-8(16)7-18-12-13-11(14-15-12)9-5-3-4-6-10(9)17-2/h3-6,16H,1,7H2,2H3,(H,13,14,15). The Balaban J connectivity index is 2.21. The SMILES string of the molecule is C=C(O)CSc1n[nH]c(-c2ccccc2SC)n1. The van der Waals surface area contributed by atoms with Gasteiger partial charge in [-0.2, -0.15) is 0 Å². The van der Waals surface area contributed by atoms with Crippen molar-refractivity contribution in [3.63, 3.8) is 0 Å². The molecule has 18 heavy (non-hydrogen) atoms. The molecule has 0 atom stereocenters. The first-order chi connectivity index (χ1) is 8.70. The molecular formula is C12H13N3OS2. The lowest BCUT2D eigenvalue weighted by molar-refractivity contribution is 0.420. The molecule has 0 spiro atoms. The van der Waals surface area contributed by atoms with Crippen LogP contribution in [0.15, 0.2) is 46.7 Å². The Bertz CT molecular complexity index is 554. The summed E-state index contributed by atoms with van der Waals surface area (Å²) in [4.78, 5) is 5.54. The number of aliphatic hydroxyl groups is 1. The Labute approximate surface area is 114 Å². The van der Waals surface area contributed by atoms with Crippen LogP contribution >= 0.6 is 23.5 Å². The van der Waals surface area contributed by atoms with Gasteiger partial charge in [-0.25, -0.2) is 4.98 Å². The molecule has 0 fully saturated rings. The molecule has 4 nitrogen and oxygen atoms in total. The molecule has 0 unspecified atom stereocenters. The summed E-state index contributed by atoms with van der Waals surface area (Å²) in [5, 5.41) is 16.7. The lowest BCUT2D eigenvalue weighted by Gasteiger charge is -2.02. The lowest BCUT2D eigenvalue weighted by atomic mass is 10.2. The second-order valence-corrected chi connectivity index (χ2v) is 5.31. The van der Waals surface area contributed by atoms with Gasteiger partial charge in [-0.3, -0.25) is 5.10 Å². The van der Waals surface area contributed by atoms with Gasteiger partial charge in [-0.05, 0) is 12.3 Å². The smallest absolute Gasteiger partial charge is 0.209 e. The summed E-state index contributed by atoms with van der Waals surface area (Å²) in [6.45, 7) is 3.43. The van der Waals surface area contributed by atoms with Crippen molar-refractivity contribution in [3.05, 3.63) is 36.6 Å². The van der Waals surface area contributed by atoms with Crippen LogP contribution in [0.25, 0.3) is 11.4 Å². The highest BCUT2D eigenvalue weighted by Gasteiger charge is 2.09. The van der Waals surface area contributed by atoms with Gasteiger partial charge in [0, 0.05) is 10.5 Å². The molecule has 0 radical (unpaired) electrons. The van der Waals surface area contributed by atoms with E-state index in [0.29, 0.717) is 10.9 Å². The molecule has 0 bridgehead atoms. The molecule has 2 N–H and O–H groups in total. The number of hydrogen-bond donors (Lipinski definition) is 2. The molecule has 0 saturated heterocycles. The van der Waals surface area contributed by atoms with Crippen molar-refractivity contribution in [1.29, 1.82) is 0 Å². The molecule has 1 heterocycles. The van der Waals surface area contributed by atoms with E-state index in [1.807, 2.05) is 30.5 Å². The predicted octanol–water partition coefficient (Wildman–Crippen LogP) is 3.36. The average Bonchev–Trinajstić information content (AvgIpc) is 2.85. The maximum absolute atomic E-state index is 9.04. The number of thioether (sulfide) groups is 2. The van der Waals surface area contributed by atoms with E-state index in [1.165, 1.54) is 11.8 Å². The summed E-state index contributed by atoms with van der Waals surface area (Å²) >= 11 is 3.02. The van der Waals surface area contributed by atoms with Crippen LogP contribution < -0.4 is 0 Å². The Morgan fingerprint density at radius 2 is 2.22 bits per heavy atom. The van der Waals surface area contributed by atoms with E-state index in [9.17, 15) is 0 Å². The van der Waals surface area contributed by atoms with Gasteiger partial charge >= 0.3 is 0 Å². The summed E-state index contributed by atoms with van der Waals surface area (Å²) in [5.74, 6) is 1.27. The first-order valence-corrected chi connectivity index (χ1v) is 7.47. The van der Waals surface area contributed by atoms with Gasteiger partial charge in [0.2, 0.25) is 5.16 Å². The summed E-state index contributed by atoms with van der Waals surface area (Å²) in [6, 6.07) is 8.02. The molecule has 0 saturated carbocycles. The van der Waals surface area contributed by atoms with Gasteiger partial charge in [0.05, 0.1) is 11.5 Å². The number of nitrogens with one attached hydrogen (secondary N) is 1. The molecule has 0 aliphatic heterocycles. The minimum atomic E-state index is 0.121. The predicted molar refractivity (Wildman–Crippen MR) is 76.1 cm³/mol. The largest absolute Gasteiger partial charge is 0.512 e. The van der Waals surface area contributed by atoms with Crippen molar-refractivity contribution in [2.24, 2.45) is 0 Å². The third kappa shape index (κ3) is 3.08. The van der Waals surface area contributed by atoms with Gasteiger partial charge in [0.15, 0.2) is 5.82 Å². The number of aliphatic hydroxyl groups excluding tert-OH is 1. The minimum Gasteiger partial charge on any atom is -0.512 e. The lowest BCUT2D eigenvalue weighted by Crippen LogP contribution is -1.85. The van der Waals surface area contributed by atoms with Crippen LogP contribution in [0.1, 0.15) is 0 Å². The van der Waals surface area contributed by atoms with Crippen LogP contribution in [0.3, 0.4) is 0 Å². The fraction of sp³-hybridized carbons (Fsp3) is 0.167. The molecule has 2 rings (SSSR count). The molecule has 0 amide bonds. The maximum atomic E-state index is 9.04.